The quantitative estimate of drug-likeness (QED) is 0.0205. The maximum absolute atomic E-state index is 13.2. The van der Waals surface area contributed by atoms with Crippen LogP contribution in [0.3, 0.4) is 0 Å². The zero-order chi connectivity index (χ0) is 55.3. The van der Waals surface area contributed by atoms with E-state index >= 15 is 0 Å². The molecule has 0 aromatic heterocycles. The molecule has 2 heterocycles. The number of carbonyl (C=O) groups is 1. The van der Waals surface area contributed by atoms with Crippen molar-refractivity contribution in [3.63, 3.8) is 0 Å². The minimum Gasteiger partial charge on any atom is -0.394 e. The van der Waals surface area contributed by atoms with E-state index in [0.717, 1.165) is 89.9 Å². The normalized spacial score (nSPS) is 25.7. The summed E-state index contributed by atoms with van der Waals surface area (Å²) in [5.41, 5.74) is 0. The molecule has 12 atom stereocenters. The zero-order valence-electron chi connectivity index (χ0n) is 46.4. The van der Waals surface area contributed by atoms with E-state index in [1.807, 2.05) is 6.08 Å². The Morgan fingerprint density at radius 2 is 0.921 bits per heavy atom. The second-order valence-electron chi connectivity index (χ2n) is 20.0. The molecule has 2 aliphatic rings. The van der Waals surface area contributed by atoms with Crippen LogP contribution < -0.4 is 5.32 Å². The number of hydrogen-bond acceptors (Lipinski definition) is 13. The number of aliphatic hydroxyl groups excluding tert-OH is 8. The van der Waals surface area contributed by atoms with E-state index in [1.165, 1.54) is 57.8 Å². The van der Waals surface area contributed by atoms with Gasteiger partial charge in [-0.3, -0.25) is 4.79 Å². The predicted octanol–water partition coefficient (Wildman–Crippen LogP) is 9.66. The Morgan fingerprint density at radius 1 is 0.487 bits per heavy atom. The Kier molecular flexibility index (Phi) is 42.1. The first-order chi connectivity index (χ1) is 37.1. The number of nitrogens with one attached hydrogen (secondary N) is 1. The van der Waals surface area contributed by atoms with Crippen LogP contribution in [0.2, 0.25) is 0 Å². The van der Waals surface area contributed by atoms with Gasteiger partial charge in [0.2, 0.25) is 5.91 Å². The molecule has 0 saturated carbocycles. The van der Waals surface area contributed by atoms with Crippen molar-refractivity contribution >= 4 is 5.91 Å². The van der Waals surface area contributed by atoms with E-state index in [4.69, 9.17) is 18.9 Å². The van der Waals surface area contributed by atoms with Crippen LogP contribution in [-0.2, 0) is 23.7 Å². The van der Waals surface area contributed by atoms with Gasteiger partial charge in [-0.05, 0) is 83.5 Å². The summed E-state index contributed by atoms with van der Waals surface area (Å²) in [6.45, 7) is 2.52. The van der Waals surface area contributed by atoms with Gasteiger partial charge in [0.25, 0.3) is 0 Å². The molecule has 2 fully saturated rings. The highest BCUT2D eigenvalue weighted by Crippen LogP contribution is 2.30. The molecule has 2 aliphatic heterocycles. The monoisotopic (exact) mass is 1070 g/mol. The number of allylic oxidation sites excluding steroid dienone is 17. The molecule has 76 heavy (non-hydrogen) atoms. The van der Waals surface area contributed by atoms with Crippen molar-refractivity contribution in [2.24, 2.45) is 0 Å². The van der Waals surface area contributed by atoms with Crippen LogP contribution in [0.4, 0.5) is 0 Å². The number of amides is 1. The summed E-state index contributed by atoms with van der Waals surface area (Å²) < 4.78 is 22.6. The first-order valence-corrected chi connectivity index (χ1v) is 29.1. The summed E-state index contributed by atoms with van der Waals surface area (Å²) in [6.07, 6.45) is 49.1. The summed E-state index contributed by atoms with van der Waals surface area (Å²) >= 11 is 0. The summed E-state index contributed by atoms with van der Waals surface area (Å²) in [5.74, 6) is -0.261. The lowest BCUT2D eigenvalue weighted by atomic mass is 9.97. The van der Waals surface area contributed by atoms with E-state index < -0.39 is 86.8 Å². The minimum atomic E-state index is -1.79. The summed E-state index contributed by atoms with van der Waals surface area (Å²) in [7, 11) is 0. The van der Waals surface area contributed by atoms with Gasteiger partial charge in [0, 0.05) is 6.42 Å². The fourth-order valence-electron chi connectivity index (χ4n) is 8.76. The maximum atomic E-state index is 13.2. The van der Waals surface area contributed by atoms with Gasteiger partial charge in [-0.25, -0.2) is 0 Å². The first-order valence-electron chi connectivity index (χ1n) is 29.1. The second-order valence-corrected chi connectivity index (χ2v) is 20.0. The third-order valence-electron chi connectivity index (χ3n) is 13.4. The van der Waals surface area contributed by atoms with Crippen LogP contribution in [0.15, 0.2) is 109 Å². The van der Waals surface area contributed by atoms with Gasteiger partial charge in [0.1, 0.15) is 48.8 Å². The number of carbonyl (C=O) groups excluding carboxylic acids is 1. The molecule has 14 nitrogen and oxygen atoms in total. The van der Waals surface area contributed by atoms with Crippen LogP contribution in [0, 0.1) is 0 Å². The molecule has 0 bridgehead atoms. The zero-order valence-corrected chi connectivity index (χ0v) is 46.4. The Labute approximate surface area is 457 Å². The Morgan fingerprint density at radius 3 is 1.43 bits per heavy atom. The Balaban J connectivity index is 1.59. The van der Waals surface area contributed by atoms with E-state index in [2.05, 4.69) is 116 Å². The molecule has 0 aromatic rings. The summed E-state index contributed by atoms with van der Waals surface area (Å²) in [6, 6.07) is -0.935. The number of aliphatic hydroxyl groups is 8. The van der Waals surface area contributed by atoms with Gasteiger partial charge in [-0.1, -0.05) is 200 Å². The fourth-order valence-corrected chi connectivity index (χ4v) is 8.76. The smallest absolute Gasteiger partial charge is 0.220 e. The van der Waals surface area contributed by atoms with Gasteiger partial charge in [-0.15, -0.1) is 0 Å². The minimum absolute atomic E-state index is 0.261. The highest BCUT2D eigenvalue weighted by molar-refractivity contribution is 5.76. The highest BCUT2D eigenvalue weighted by Gasteiger charge is 2.51. The molecule has 0 spiro atoms. The molecular formula is C62H103NO13. The molecule has 434 valence electrons. The molecule has 14 heteroatoms. The number of rotatable bonds is 44. The van der Waals surface area contributed by atoms with Crippen LogP contribution in [0.5, 0.6) is 0 Å². The highest BCUT2D eigenvalue weighted by atomic mass is 16.7. The average Bonchev–Trinajstić information content (AvgIpc) is 3.42. The van der Waals surface area contributed by atoms with Crippen molar-refractivity contribution in [2.45, 2.75) is 254 Å². The predicted molar refractivity (Wildman–Crippen MR) is 304 cm³/mol. The number of ether oxygens (including phenoxy) is 4. The van der Waals surface area contributed by atoms with E-state index in [-0.39, 0.29) is 18.9 Å². The van der Waals surface area contributed by atoms with Gasteiger partial charge in [-0.2, -0.15) is 0 Å². The van der Waals surface area contributed by atoms with Crippen molar-refractivity contribution in [1.82, 2.24) is 5.32 Å². The van der Waals surface area contributed by atoms with Crippen molar-refractivity contribution in [3.8, 4) is 0 Å². The molecule has 1 amide bonds. The standard InChI is InChI=1S/C62H103NO13/c1-3-5-7-9-11-12-13-14-15-16-17-18-19-20-21-22-23-24-25-26-27-28-29-30-31-32-33-34-35-36-37-38-40-42-44-46-54(67)63-50(51(66)45-43-41-39-10-8-6-4-2)49-73-61-59(72)57(70)60(53(48-65)75-61)76-62-58(71)56(69)55(68)52(47-64)74-62/h5,7-8,10-12,14-15,17-18,20-21,23-24,26-27,43,45,50-53,55-62,64-66,68-72H,3-4,6,9,13,16,19,22,25,28-42,44,46-49H2,1-2H3,(H,63,67)/b7-5-,10-8+,12-11-,15-14-,18-17-,21-20-,24-23-,27-26-,45-43+. The van der Waals surface area contributed by atoms with Gasteiger partial charge >= 0.3 is 0 Å². The maximum Gasteiger partial charge on any atom is 0.220 e. The van der Waals surface area contributed by atoms with E-state index in [9.17, 15) is 45.6 Å². The Hall–Kier alpha value is -3.35. The number of unbranched alkanes of at least 4 members (excludes halogenated alkanes) is 15. The lowest BCUT2D eigenvalue weighted by Gasteiger charge is -2.46. The molecule has 0 aromatic carbocycles. The third-order valence-corrected chi connectivity index (χ3v) is 13.4. The average molecular weight is 1070 g/mol. The van der Waals surface area contributed by atoms with Crippen LogP contribution in [0.25, 0.3) is 0 Å². The molecule has 0 radical (unpaired) electrons. The molecular weight excluding hydrogens is 967 g/mol. The summed E-state index contributed by atoms with van der Waals surface area (Å²) in [4.78, 5) is 13.2. The topological polar surface area (TPSA) is 228 Å². The molecule has 2 saturated heterocycles. The molecule has 2 rings (SSSR count). The second kappa shape index (κ2) is 46.6. The lowest BCUT2D eigenvalue weighted by molar-refractivity contribution is -0.359. The molecule has 12 unspecified atom stereocenters. The third kappa shape index (κ3) is 31.9. The fraction of sp³-hybridized carbons (Fsp3) is 0.694. The Bertz CT molecular complexity index is 1690. The lowest BCUT2D eigenvalue weighted by Crippen LogP contribution is -2.65. The van der Waals surface area contributed by atoms with E-state index in [0.29, 0.717) is 12.8 Å². The summed E-state index contributed by atoms with van der Waals surface area (Å²) in [5, 5.41) is 86.5. The van der Waals surface area contributed by atoms with Crippen LogP contribution in [0.1, 0.15) is 181 Å². The van der Waals surface area contributed by atoms with Crippen LogP contribution in [-0.4, -0.2) is 140 Å². The largest absolute Gasteiger partial charge is 0.394 e. The molecule has 9 N–H and O–H groups in total. The van der Waals surface area contributed by atoms with Crippen molar-refractivity contribution in [1.29, 1.82) is 0 Å². The SMILES string of the molecule is CC/C=C\C/C=C\C/C=C\C/C=C\C/C=C\C/C=C\C/C=C\CCCCCCCCCCCCCCCC(=O)NC(COC1OC(CO)C(OC2OC(CO)C(O)C(O)C2O)C(O)C1O)C(O)/C=C/CC/C=C/CCC. The van der Waals surface area contributed by atoms with Gasteiger partial charge in [0.05, 0.1) is 32.0 Å². The van der Waals surface area contributed by atoms with Crippen LogP contribution >= 0.6 is 0 Å². The van der Waals surface area contributed by atoms with Gasteiger partial charge < -0.3 is 65.1 Å². The van der Waals surface area contributed by atoms with Crippen molar-refractivity contribution in [3.05, 3.63) is 109 Å². The molecule has 0 aliphatic carbocycles. The van der Waals surface area contributed by atoms with Crippen molar-refractivity contribution in [2.75, 3.05) is 19.8 Å². The van der Waals surface area contributed by atoms with Crippen molar-refractivity contribution < 1.29 is 64.6 Å². The van der Waals surface area contributed by atoms with Gasteiger partial charge in [0.15, 0.2) is 12.6 Å². The van der Waals surface area contributed by atoms with E-state index in [1.54, 1.807) is 6.08 Å². The number of hydrogen-bond donors (Lipinski definition) is 9. The first kappa shape index (κ1) is 68.8.